The van der Waals surface area contributed by atoms with E-state index in [0.717, 1.165) is 44.5 Å². The first-order chi connectivity index (χ1) is 27.6. The smallest absolute Gasteiger partial charge is 0.324 e. The molecule has 6 bridgehead atoms. The predicted octanol–water partition coefficient (Wildman–Crippen LogP) is 6.35. The number of aromatic hydroxyl groups is 1. The molecule has 13 nitrogen and oxygen atoms in total. The third kappa shape index (κ3) is 10.0. The molecule has 0 aliphatic carbocycles. The number of carbonyl (C=O) groups excluding carboxylic acids is 4. The van der Waals surface area contributed by atoms with Crippen LogP contribution >= 0.6 is 0 Å². The number of hydrazine groups is 1. The number of nitrogens with one attached hydrogen (secondary N) is 2. The van der Waals surface area contributed by atoms with Gasteiger partial charge in [0.05, 0.1) is 30.6 Å². The van der Waals surface area contributed by atoms with Gasteiger partial charge in [-0.15, -0.1) is 0 Å². The molecule has 2 aliphatic heterocycles. The van der Waals surface area contributed by atoms with Gasteiger partial charge in [-0.2, -0.15) is 0 Å². The fraction of sp³-hybridized carbons (Fsp3) is 0.489. The molecule has 3 amide bonds. The summed E-state index contributed by atoms with van der Waals surface area (Å²) in [4.78, 5) is 58.9. The number of cyclic esters (lactones) is 1. The fourth-order valence-electron chi connectivity index (χ4n) is 7.63. The Bertz CT molecular complexity index is 2130. The molecule has 1 fully saturated rings. The minimum Gasteiger partial charge on any atom is -0.508 e. The van der Waals surface area contributed by atoms with Crippen LogP contribution in [0.25, 0.3) is 33.3 Å². The number of phenolic OH excluding ortho intramolecular Hbond substituents is 1. The molecule has 312 valence electrons. The number of phenols is 1. The van der Waals surface area contributed by atoms with Gasteiger partial charge in [0.1, 0.15) is 17.8 Å². The average Bonchev–Trinajstić information content (AvgIpc) is 3.50. The second kappa shape index (κ2) is 19.0. The molecule has 0 saturated carbocycles. The van der Waals surface area contributed by atoms with E-state index in [1.54, 1.807) is 25.4 Å². The molecular weight excluding hydrogens is 737 g/mol. The lowest BCUT2D eigenvalue weighted by molar-refractivity contribution is -0.155. The largest absolute Gasteiger partial charge is 0.508 e. The zero-order valence-corrected chi connectivity index (χ0v) is 35.5. The number of carbonyl (C=O) groups is 4. The number of benzene rings is 2. The summed E-state index contributed by atoms with van der Waals surface area (Å²) in [6.07, 6.45) is 4.38. The molecular formula is C45H60N6O7. The van der Waals surface area contributed by atoms with Gasteiger partial charge in [-0.05, 0) is 91.8 Å². The van der Waals surface area contributed by atoms with E-state index in [0.29, 0.717) is 37.9 Å². The van der Waals surface area contributed by atoms with Gasteiger partial charge in [0.25, 0.3) is 5.91 Å². The van der Waals surface area contributed by atoms with Gasteiger partial charge in [0, 0.05) is 68.7 Å². The fourth-order valence-corrected chi connectivity index (χ4v) is 7.63. The van der Waals surface area contributed by atoms with Crippen LogP contribution in [0.1, 0.15) is 90.7 Å². The van der Waals surface area contributed by atoms with Crippen molar-refractivity contribution in [1.29, 1.82) is 0 Å². The van der Waals surface area contributed by atoms with Gasteiger partial charge < -0.3 is 29.4 Å². The first kappa shape index (κ1) is 43.8. The molecule has 6 rings (SSSR count). The first-order valence-electron chi connectivity index (χ1n) is 20.3. The third-order valence-electron chi connectivity index (χ3n) is 10.6. The van der Waals surface area contributed by atoms with Crippen molar-refractivity contribution >= 4 is 34.6 Å². The minimum atomic E-state index is -1.07. The van der Waals surface area contributed by atoms with Crippen LogP contribution in [-0.2, 0) is 48.0 Å². The zero-order valence-electron chi connectivity index (χ0n) is 35.5. The lowest BCUT2D eigenvalue weighted by Crippen LogP contribution is -2.61. The second-order valence-corrected chi connectivity index (χ2v) is 16.2. The standard InChI is InChI=1S/C42H52N6O7.C3H8/c1-8-47-36-14-13-28-21-32(36)33(39(47)31-11-9-15-43-38(31)25(2)54-7)22-42(4,5)24-55-41(53)34-12-10-16-48(45-34)40(52)35(44-37(51)23-46(6)26(3)49)19-27-17-29(28)20-30(50)18-27;1-3-2/h9,11,13-15,17-18,20-21,25,34-35,45,50H,8,10,12,16,19,22-24H2,1-7H3,(H,44,51);3H2,1-2H3/t25?,34-,35?;/m0./s1. The van der Waals surface area contributed by atoms with Crippen LogP contribution in [0.3, 0.4) is 0 Å². The summed E-state index contributed by atoms with van der Waals surface area (Å²) >= 11 is 0. The monoisotopic (exact) mass is 796 g/mol. The van der Waals surface area contributed by atoms with E-state index in [9.17, 15) is 24.3 Å². The Hall–Kier alpha value is -5.27. The molecule has 1 saturated heterocycles. The number of nitrogens with zero attached hydrogens (tertiary/aromatic N) is 4. The predicted molar refractivity (Wildman–Crippen MR) is 225 cm³/mol. The number of rotatable bonds is 7. The summed E-state index contributed by atoms with van der Waals surface area (Å²) < 4.78 is 14.1. The van der Waals surface area contributed by atoms with Gasteiger partial charge in [0.2, 0.25) is 11.8 Å². The van der Waals surface area contributed by atoms with Crippen LogP contribution < -0.4 is 10.7 Å². The molecule has 3 N–H and O–H groups in total. The SMILES string of the molecule is CCC.CCn1c(-c2cccnc2C(C)OC)c2c3cc(ccc31)-c1cc(O)cc(c1)CC(NC(=O)CN(C)C(C)=O)C(=O)N1CCC[C@H](N1)C(=O)OCC(C)(C)C2. The van der Waals surface area contributed by atoms with Crippen molar-refractivity contribution in [2.24, 2.45) is 5.41 Å². The molecule has 2 unspecified atom stereocenters. The Morgan fingerprint density at radius 3 is 2.55 bits per heavy atom. The topological polar surface area (TPSA) is 155 Å². The van der Waals surface area contributed by atoms with E-state index in [-0.39, 0.29) is 37.3 Å². The molecule has 0 radical (unpaired) electrons. The number of aryl methyl sites for hydroxylation is 1. The van der Waals surface area contributed by atoms with Gasteiger partial charge in [-0.3, -0.25) is 29.2 Å². The van der Waals surface area contributed by atoms with Gasteiger partial charge >= 0.3 is 5.97 Å². The average molecular weight is 797 g/mol. The summed E-state index contributed by atoms with van der Waals surface area (Å²) in [5.41, 5.74) is 9.65. The Kier molecular flexibility index (Phi) is 14.4. The number of fused-ring (bicyclic) bond motifs is 6. The quantitative estimate of drug-likeness (QED) is 0.182. The van der Waals surface area contributed by atoms with E-state index < -0.39 is 35.3 Å². The zero-order chi connectivity index (χ0) is 42.3. The van der Waals surface area contributed by atoms with Crippen LogP contribution in [0.5, 0.6) is 5.75 Å². The highest BCUT2D eigenvalue weighted by atomic mass is 16.5. The van der Waals surface area contributed by atoms with Crippen molar-refractivity contribution in [3.05, 3.63) is 71.5 Å². The van der Waals surface area contributed by atoms with Crippen molar-refractivity contribution in [2.45, 2.75) is 105 Å². The number of ether oxygens (including phenoxy) is 2. The van der Waals surface area contributed by atoms with E-state index >= 15 is 0 Å². The first-order valence-corrected chi connectivity index (χ1v) is 20.3. The van der Waals surface area contributed by atoms with E-state index in [1.165, 1.54) is 30.3 Å². The number of hydrogen-bond donors (Lipinski definition) is 3. The Balaban J connectivity index is 0.00000207. The number of methoxy groups -OCH3 is 1. The van der Waals surface area contributed by atoms with Crippen LogP contribution in [-0.4, -0.2) is 94.2 Å². The number of pyridine rings is 1. The highest BCUT2D eigenvalue weighted by Gasteiger charge is 2.35. The molecule has 2 aromatic heterocycles. The van der Waals surface area contributed by atoms with Crippen LogP contribution in [0.15, 0.2) is 54.7 Å². The summed E-state index contributed by atoms with van der Waals surface area (Å²) in [5.74, 6) is -1.70. The number of likely N-dealkylation sites (N-methyl/N-ethyl adjacent to an activating group) is 1. The molecule has 0 spiro atoms. The Labute approximate surface area is 342 Å². The highest BCUT2D eigenvalue weighted by Crippen LogP contribution is 2.42. The van der Waals surface area contributed by atoms with E-state index in [4.69, 9.17) is 14.5 Å². The number of aromatic nitrogens is 2. The molecule has 4 aromatic rings. The molecule has 2 aromatic carbocycles. The van der Waals surface area contributed by atoms with Gasteiger partial charge in [-0.25, -0.2) is 5.43 Å². The lowest BCUT2D eigenvalue weighted by atomic mass is 9.84. The van der Waals surface area contributed by atoms with Gasteiger partial charge in [0.15, 0.2) is 0 Å². The van der Waals surface area contributed by atoms with E-state index in [2.05, 4.69) is 68.1 Å². The minimum absolute atomic E-state index is 0.0106. The summed E-state index contributed by atoms with van der Waals surface area (Å²) in [7, 11) is 3.18. The molecule has 2 aliphatic rings. The van der Waals surface area contributed by atoms with Crippen molar-refractivity contribution in [1.82, 2.24) is 30.2 Å². The number of esters is 1. The normalized spacial score (nSPS) is 18.7. The molecule has 3 atom stereocenters. The summed E-state index contributed by atoms with van der Waals surface area (Å²) in [6.45, 7) is 14.7. The molecule has 13 heteroatoms. The molecule has 58 heavy (non-hydrogen) atoms. The highest BCUT2D eigenvalue weighted by molar-refractivity contribution is 5.95. The van der Waals surface area contributed by atoms with Crippen molar-refractivity contribution in [3.63, 3.8) is 0 Å². The summed E-state index contributed by atoms with van der Waals surface area (Å²) in [6, 6.07) is 13.6. The molecule has 4 heterocycles. The number of hydrogen-bond acceptors (Lipinski definition) is 9. The Morgan fingerprint density at radius 2 is 1.86 bits per heavy atom. The second-order valence-electron chi connectivity index (χ2n) is 16.2. The van der Waals surface area contributed by atoms with Crippen molar-refractivity contribution < 1.29 is 33.8 Å². The maximum Gasteiger partial charge on any atom is 0.324 e. The van der Waals surface area contributed by atoms with Crippen molar-refractivity contribution in [3.8, 4) is 28.1 Å². The number of amides is 3. The van der Waals surface area contributed by atoms with Crippen LogP contribution in [0, 0.1) is 5.41 Å². The lowest BCUT2D eigenvalue weighted by Gasteiger charge is -2.35. The van der Waals surface area contributed by atoms with Gasteiger partial charge in [-0.1, -0.05) is 46.2 Å². The third-order valence-corrected chi connectivity index (χ3v) is 10.6. The van der Waals surface area contributed by atoms with Crippen molar-refractivity contribution in [2.75, 3.05) is 33.9 Å². The Morgan fingerprint density at radius 1 is 1.12 bits per heavy atom. The van der Waals surface area contributed by atoms with Crippen LogP contribution in [0.4, 0.5) is 0 Å². The van der Waals surface area contributed by atoms with E-state index in [1.807, 2.05) is 25.1 Å². The van der Waals surface area contributed by atoms with Crippen LogP contribution in [0.2, 0.25) is 0 Å². The maximum absolute atomic E-state index is 14.1. The summed E-state index contributed by atoms with van der Waals surface area (Å²) in [5, 5.41) is 16.3. The maximum atomic E-state index is 14.1.